The van der Waals surface area contributed by atoms with Crippen molar-refractivity contribution < 1.29 is 0 Å². The molecule has 0 radical (unpaired) electrons. The molecule has 4 nitrogen and oxygen atoms in total. The Morgan fingerprint density at radius 3 is 2.67 bits per heavy atom. The van der Waals surface area contributed by atoms with Crippen LogP contribution in [0.25, 0.3) is 5.69 Å². The minimum Gasteiger partial charge on any atom is -0.310 e. The van der Waals surface area contributed by atoms with Crippen LogP contribution in [0.5, 0.6) is 0 Å². The normalized spacial score (nSPS) is 10.6. The molecule has 1 heterocycles. The molecule has 0 amide bonds. The highest BCUT2D eigenvalue weighted by atomic mass is 15.1. The van der Waals surface area contributed by atoms with Crippen molar-refractivity contribution in [1.82, 2.24) is 14.9 Å². The number of aromatic nitrogens is 2. The second-order valence-electron chi connectivity index (χ2n) is 4.43. The van der Waals surface area contributed by atoms with E-state index in [1.54, 1.807) is 17.0 Å². The summed E-state index contributed by atoms with van der Waals surface area (Å²) in [4.78, 5) is 3.98. The van der Waals surface area contributed by atoms with Crippen LogP contribution in [0.2, 0.25) is 0 Å². The molecule has 2 aromatic rings. The van der Waals surface area contributed by atoms with Gasteiger partial charge in [0, 0.05) is 30.7 Å². The molecular weight excluding hydrogens is 224 g/mol. The lowest BCUT2D eigenvalue weighted by atomic mass is 10.2. The average Bonchev–Trinajstić information content (AvgIpc) is 2.85. The first-order valence-corrected chi connectivity index (χ1v) is 5.97. The topological polar surface area (TPSA) is 53.6 Å². The van der Waals surface area contributed by atoms with Gasteiger partial charge < -0.3 is 5.32 Å². The molecular formula is C14H16N4. The van der Waals surface area contributed by atoms with Gasteiger partial charge in [-0.3, -0.25) is 4.57 Å². The number of nitrogens with one attached hydrogen (secondary N) is 1. The van der Waals surface area contributed by atoms with E-state index in [0.717, 1.165) is 12.2 Å². The first kappa shape index (κ1) is 12.3. The van der Waals surface area contributed by atoms with Gasteiger partial charge in [-0.25, -0.2) is 4.98 Å². The molecule has 0 aliphatic carbocycles. The second-order valence-corrected chi connectivity index (χ2v) is 4.43. The van der Waals surface area contributed by atoms with Crippen molar-refractivity contribution in [2.45, 2.75) is 26.4 Å². The van der Waals surface area contributed by atoms with Gasteiger partial charge in [-0.2, -0.15) is 5.26 Å². The maximum absolute atomic E-state index is 8.93. The largest absolute Gasteiger partial charge is 0.310 e. The molecule has 0 atom stereocenters. The van der Waals surface area contributed by atoms with Gasteiger partial charge in [-0.05, 0) is 17.7 Å². The maximum Gasteiger partial charge on any atom is 0.217 e. The molecule has 0 spiro atoms. The fourth-order valence-electron chi connectivity index (χ4n) is 1.69. The number of hydrogen-bond donors (Lipinski definition) is 1. The van der Waals surface area contributed by atoms with Crippen LogP contribution in [-0.2, 0) is 6.54 Å². The number of hydrogen-bond acceptors (Lipinski definition) is 3. The molecule has 4 heteroatoms. The van der Waals surface area contributed by atoms with E-state index in [-0.39, 0.29) is 0 Å². The van der Waals surface area contributed by atoms with Gasteiger partial charge in [0.2, 0.25) is 5.82 Å². The number of rotatable bonds is 4. The molecule has 18 heavy (non-hydrogen) atoms. The minimum absolute atomic E-state index is 0.406. The van der Waals surface area contributed by atoms with Crippen LogP contribution in [0.15, 0.2) is 36.7 Å². The predicted molar refractivity (Wildman–Crippen MR) is 70.3 cm³/mol. The van der Waals surface area contributed by atoms with Crippen molar-refractivity contribution in [2.75, 3.05) is 0 Å². The summed E-state index contributed by atoms with van der Waals surface area (Å²) >= 11 is 0. The van der Waals surface area contributed by atoms with E-state index in [4.69, 9.17) is 5.26 Å². The highest BCUT2D eigenvalue weighted by molar-refractivity contribution is 5.37. The third-order valence-electron chi connectivity index (χ3n) is 2.67. The summed E-state index contributed by atoms with van der Waals surface area (Å²) in [5.74, 6) is 0.406. The summed E-state index contributed by atoms with van der Waals surface area (Å²) in [6, 6.07) is 10.7. The van der Waals surface area contributed by atoms with Gasteiger partial charge >= 0.3 is 0 Å². The number of nitriles is 1. The van der Waals surface area contributed by atoms with E-state index >= 15 is 0 Å². The number of benzene rings is 1. The molecule has 1 N–H and O–H groups in total. The SMILES string of the molecule is CC(C)NCc1ccc(-n2ccnc2C#N)cc1. The van der Waals surface area contributed by atoms with Crippen LogP contribution in [0.1, 0.15) is 25.2 Å². The van der Waals surface area contributed by atoms with E-state index in [2.05, 4.69) is 42.4 Å². The Morgan fingerprint density at radius 1 is 1.33 bits per heavy atom. The van der Waals surface area contributed by atoms with Crippen LogP contribution in [-0.4, -0.2) is 15.6 Å². The predicted octanol–water partition coefficient (Wildman–Crippen LogP) is 2.24. The average molecular weight is 240 g/mol. The molecule has 1 aromatic carbocycles. The molecule has 0 aliphatic heterocycles. The van der Waals surface area contributed by atoms with Gasteiger partial charge in [0.05, 0.1) is 0 Å². The first-order valence-electron chi connectivity index (χ1n) is 5.97. The molecule has 0 aliphatic rings. The molecule has 0 unspecified atom stereocenters. The number of nitrogens with zero attached hydrogens (tertiary/aromatic N) is 3. The third-order valence-corrected chi connectivity index (χ3v) is 2.67. The van der Waals surface area contributed by atoms with E-state index in [1.807, 2.05) is 12.1 Å². The van der Waals surface area contributed by atoms with Crippen LogP contribution in [0, 0.1) is 11.3 Å². The van der Waals surface area contributed by atoms with E-state index in [1.165, 1.54) is 5.56 Å². The molecule has 92 valence electrons. The summed E-state index contributed by atoms with van der Waals surface area (Å²) in [5, 5.41) is 12.3. The number of imidazole rings is 1. The van der Waals surface area contributed by atoms with Crippen LogP contribution in [0.3, 0.4) is 0 Å². The molecule has 0 fully saturated rings. The van der Waals surface area contributed by atoms with E-state index < -0.39 is 0 Å². The lowest BCUT2D eigenvalue weighted by Gasteiger charge is -2.09. The zero-order chi connectivity index (χ0) is 13.0. The van der Waals surface area contributed by atoms with Gasteiger partial charge in [0.25, 0.3) is 0 Å². The van der Waals surface area contributed by atoms with Gasteiger partial charge in [0.15, 0.2) is 0 Å². The maximum atomic E-state index is 8.93. The lowest BCUT2D eigenvalue weighted by molar-refractivity contribution is 0.589. The lowest BCUT2D eigenvalue weighted by Crippen LogP contribution is -2.21. The quantitative estimate of drug-likeness (QED) is 0.891. The Hall–Kier alpha value is -2.12. The summed E-state index contributed by atoms with van der Waals surface area (Å²) in [6.45, 7) is 5.10. The van der Waals surface area contributed by atoms with Crippen LogP contribution in [0.4, 0.5) is 0 Å². The Labute approximate surface area is 107 Å². The van der Waals surface area contributed by atoms with Gasteiger partial charge in [0.1, 0.15) is 6.07 Å². The fraction of sp³-hybridized carbons (Fsp3) is 0.286. The van der Waals surface area contributed by atoms with Crippen LogP contribution < -0.4 is 5.32 Å². The van der Waals surface area contributed by atoms with Crippen molar-refractivity contribution >= 4 is 0 Å². The standard InChI is InChI=1S/C14H16N4/c1-11(2)17-10-12-3-5-13(6-4-12)18-8-7-16-14(18)9-15/h3-8,11,17H,10H2,1-2H3. The summed E-state index contributed by atoms with van der Waals surface area (Å²) in [7, 11) is 0. The molecule has 0 saturated carbocycles. The van der Waals surface area contributed by atoms with Crippen molar-refractivity contribution in [3.05, 3.63) is 48.0 Å². The smallest absolute Gasteiger partial charge is 0.217 e. The Morgan fingerprint density at radius 2 is 2.06 bits per heavy atom. The minimum atomic E-state index is 0.406. The van der Waals surface area contributed by atoms with Crippen molar-refractivity contribution in [1.29, 1.82) is 5.26 Å². The van der Waals surface area contributed by atoms with Gasteiger partial charge in [-0.15, -0.1) is 0 Å². The molecule has 0 saturated heterocycles. The highest BCUT2D eigenvalue weighted by Crippen LogP contribution is 2.11. The fourth-order valence-corrected chi connectivity index (χ4v) is 1.69. The summed E-state index contributed by atoms with van der Waals surface area (Å²) in [6.07, 6.45) is 3.42. The van der Waals surface area contributed by atoms with E-state index in [0.29, 0.717) is 11.9 Å². The Bertz CT molecular complexity index is 546. The first-order chi connectivity index (χ1) is 8.70. The van der Waals surface area contributed by atoms with Crippen molar-refractivity contribution in [2.24, 2.45) is 0 Å². The zero-order valence-electron chi connectivity index (χ0n) is 10.6. The van der Waals surface area contributed by atoms with Crippen LogP contribution >= 0.6 is 0 Å². The van der Waals surface area contributed by atoms with Gasteiger partial charge in [-0.1, -0.05) is 26.0 Å². The Kier molecular flexibility index (Phi) is 3.75. The monoisotopic (exact) mass is 240 g/mol. The third kappa shape index (κ3) is 2.76. The molecule has 0 bridgehead atoms. The van der Waals surface area contributed by atoms with Crippen molar-refractivity contribution in [3.8, 4) is 11.8 Å². The Balaban J connectivity index is 2.15. The summed E-state index contributed by atoms with van der Waals surface area (Å²) < 4.78 is 1.78. The molecule has 1 aromatic heterocycles. The molecule has 2 rings (SSSR count). The second kappa shape index (κ2) is 5.48. The summed E-state index contributed by atoms with van der Waals surface area (Å²) in [5.41, 5.74) is 2.18. The van der Waals surface area contributed by atoms with Crippen molar-refractivity contribution in [3.63, 3.8) is 0 Å². The van der Waals surface area contributed by atoms with E-state index in [9.17, 15) is 0 Å². The highest BCUT2D eigenvalue weighted by Gasteiger charge is 2.03. The zero-order valence-corrected chi connectivity index (χ0v) is 10.6.